The Morgan fingerprint density at radius 1 is 1.08 bits per heavy atom. The summed E-state index contributed by atoms with van der Waals surface area (Å²) in [4.78, 5) is 40.4. The van der Waals surface area contributed by atoms with Crippen LogP contribution in [0.3, 0.4) is 0 Å². The minimum atomic E-state index is -0.257. The van der Waals surface area contributed by atoms with Crippen molar-refractivity contribution in [3.05, 3.63) is 35.9 Å². The molecule has 2 heterocycles. The Bertz CT molecular complexity index is 650. The summed E-state index contributed by atoms with van der Waals surface area (Å²) < 4.78 is 0. The summed E-state index contributed by atoms with van der Waals surface area (Å²) in [7, 11) is 0. The molecule has 1 aromatic rings. The quantitative estimate of drug-likeness (QED) is 0.844. The molecule has 134 valence electrons. The van der Waals surface area contributed by atoms with Gasteiger partial charge in [0.1, 0.15) is 5.78 Å². The zero-order valence-corrected chi connectivity index (χ0v) is 15.0. The van der Waals surface area contributed by atoms with Crippen molar-refractivity contribution in [3.8, 4) is 0 Å². The van der Waals surface area contributed by atoms with E-state index in [2.05, 4.69) is 0 Å². The van der Waals surface area contributed by atoms with Crippen molar-refractivity contribution in [2.45, 2.75) is 39.2 Å². The fourth-order valence-electron chi connectivity index (χ4n) is 3.95. The number of Topliss-reactive ketones (excluding diaryl/α,β-unsaturated/α-hetero) is 1. The fourth-order valence-corrected chi connectivity index (χ4v) is 3.95. The number of carbonyl (C=O) groups is 3. The predicted octanol–water partition coefficient (Wildman–Crippen LogP) is 2.42. The normalized spacial score (nSPS) is 23.0. The van der Waals surface area contributed by atoms with Crippen LogP contribution in [0.2, 0.25) is 0 Å². The van der Waals surface area contributed by atoms with E-state index in [0.29, 0.717) is 26.1 Å². The van der Waals surface area contributed by atoms with E-state index in [4.69, 9.17) is 0 Å². The van der Waals surface area contributed by atoms with Crippen molar-refractivity contribution in [1.82, 2.24) is 9.80 Å². The number of piperidine rings is 1. The number of ketones is 1. The lowest BCUT2D eigenvalue weighted by molar-refractivity contribution is -0.138. The summed E-state index contributed by atoms with van der Waals surface area (Å²) in [6, 6.07) is 9.90. The largest absolute Gasteiger partial charge is 0.342 e. The van der Waals surface area contributed by atoms with Crippen molar-refractivity contribution in [2.24, 2.45) is 11.8 Å². The zero-order chi connectivity index (χ0) is 18.0. The highest BCUT2D eigenvalue weighted by atomic mass is 16.2. The second-order valence-electron chi connectivity index (χ2n) is 7.24. The number of amides is 2. The highest BCUT2D eigenvalue weighted by Gasteiger charge is 2.39. The van der Waals surface area contributed by atoms with Crippen molar-refractivity contribution < 1.29 is 14.4 Å². The van der Waals surface area contributed by atoms with E-state index in [1.54, 1.807) is 6.92 Å². The Morgan fingerprint density at radius 3 is 2.32 bits per heavy atom. The topological polar surface area (TPSA) is 57.7 Å². The number of rotatable bonds is 4. The number of nitrogens with zero attached hydrogens (tertiary/aromatic N) is 2. The Hall–Kier alpha value is -2.17. The first-order valence-electron chi connectivity index (χ1n) is 9.11. The second-order valence-corrected chi connectivity index (χ2v) is 7.24. The van der Waals surface area contributed by atoms with Crippen molar-refractivity contribution in [2.75, 3.05) is 19.6 Å². The molecule has 0 aromatic heterocycles. The van der Waals surface area contributed by atoms with Crippen molar-refractivity contribution >= 4 is 17.6 Å². The van der Waals surface area contributed by atoms with Gasteiger partial charge in [0.05, 0.1) is 12.0 Å². The van der Waals surface area contributed by atoms with Gasteiger partial charge in [-0.25, -0.2) is 0 Å². The molecule has 1 aromatic carbocycles. The molecule has 0 bridgehead atoms. The zero-order valence-electron chi connectivity index (χ0n) is 15.0. The van der Waals surface area contributed by atoms with E-state index in [9.17, 15) is 14.4 Å². The van der Waals surface area contributed by atoms with Gasteiger partial charge in [-0.15, -0.1) is 0 Å². The summed E-state index contributed by atoms with van der Waals surface area (Å²) in [6.45, 7) is 5.38. The van der Waals surface area contributed by atoms with E-state index >= 15 is 0 Å². The SMILES string of the molecule is CC(=O)C1CCN(C(=O)C2CC(=O)N(C(C)c3ccccc3)C2)CC1. The molecule has 0 spiro atoms. The third-order valence-electron chi connectivity index (χ3n) is 5.64. The monoisotopic (exact) mass is 342 g/mol. The van der Waals surface area contributed by atoms with Crippen LogP contribution in [0.4, 0.5) is 0 Å². The van der Waals surface area contributed by atoms with Crippen LogP contribution in [0.1, 0.15) is 44.7 Å². The van der Waals surface area contributed by atoms with E-state index in [0.717, 1.165) is 18.4 Å². The third kappa shape index (κ3) is 3.75. The lowest BCUT2D eigenvalue weighted by Crippen LogP contribution is -2.43. The van der Waals surface area contributed by atoms with E-state index in [-0.39, 0.29) is 35.5 Å². The molecule has 2 aliphatic heterocycles. The summed E-state index contributed by atoms with van der Waals surface area (Å²) in [5.41, 5.74) is 1.09. The summed E-state index contributed by atoms with van der Waals surface area (Å²) in [6.07, 6.45) is 1.78. The van der Waals surface area contributed by atoms with Crippen LogP contribution in [-0.2, 0) is 14.4 Å². The van der Waals surface area contributed by atoms with Crippen LogP contribution >= 0.6 is 0 Å². The minimum Gasteiger partial charge on any atom is -0.342 e. The number of hydrogen-bond acceptors (Lipinski definition) is 3. The van der Waals surface area contributed by atoms with Gasteiger partial charge in [-0.05, 0) is 32.3 Å². The highest BCUT2D eigenvalue weighted by molar-refractivity contribution is 5.89. The summed E-state index contributed by atoms with van der Waals surface area (Å²) >= 11 is 0. The van der Waals surface area contributed by atoms with E-state index < -0.39 is 0 Å². The van der Waals surface area contributed by atoms with Gasteiger partial charge in [0.25, 0.3) is 0 Å². The molecule has 0 saturated carbocycles. The lowest BCUT2D eigenvalue weighted by Gasteiger charge is -2.32. The van der Waals surface area contributed by atoms with Gasteiger partial charge in [0.15, 0.2) is 0 Å². The average Bonchev–Trinajstić information content (AvgIpc) is 3.03. The molecular formula is C20H26N2O3. The van der Waals surface area contributed by atoms with Gasteiger partial charge in [0.2, 0.25) is 11.8 Å². The number of carbonyl (C=O) groups excluding carboxylic acids is 3. The molecule has 3 rings (SSSR count). The molecule has 2 atom stereocenters. The van der Waals surface area contributed by atoms with Crippen LogP contribution in [0, 0.1) is 11.8 Å². The van der Waals surface area contributed by atoms with Crippen LogP contribution in [0.25, 0.3) is 0 Å². The average molecular weight is 342 g/mol. The van der Waals surface area contributed by atoms with Crippen LogP contribution in [0.5, 0.6) is 0 Å². The second kappa shape index (κ2) is 7.38. The minimum absolute atomic E-state index is 0.0186. The van der Waals surface area contributed by atoms with Crippen LogP contribution < -0.4 is 0 Å². The van der Waals surface area contributed by atoms with E-state index in [1.165, 1.54) is 0 Å². The molecule has 2 aliphatic rings. The molecule has 2 amide bonds. The molecule has 5 nitrogen and oxygen atoms in total. The van der Waals surface area contributed by atoms with Gasteiger partial charge in [-0.2, -0.15) is 0 Å². The molecule has 0 radical (unpaired) electrons. The Morgan fingerprint density at radius 2 is 1.72 bits per heavy atom. The first kappa shape index (κ1) is 17.6. The molecule has 2 saturated heterocycles. The first-order valence-corrected chi connectivity index (χ1v) is 9.11. The Balaban J connectivity index is 1.61. The van der Waals surface area contributed by atoms with Crippen LogP contribution in [-0.4, -0.2) is 47.0 Å². The molecule has 2 fully saturated rings. The highest BCUT2D eigenvalue weighted by Crippen LogP contribution is 2.30. The Labute approximate surface area is 149 Å². The molecule has 5 heteroatoms. The van der Waals surface area contributed by atoms with Crippen molar-refractivity contribution in [3.63, 3.8) is 0 Å². The fraction of sp³-hybridized carbons (Fsp3) is 0.550. The number of hydrogen-bond donors (Lipinski definition) is 0. The van der Waals surface area contributed by atoms with E-state index in [1.807, 2.05) is 47.1 Å². The summed E-state index contributed by atoms with van der Waals surface area (Å²) in [5, 5.41) is 0. The lowest BCUT2D eigenvalue weighted by atomic mass is 9.92. The molecule has 2 unspecified atom stereocenters. The number of benzene rings is 1. The molecule has 0 N–H and O–H groups in total. The predicted molar refractivity (Wildman–Crippen MR) is 94.7 cm³/mol. The third-order valence-corrected chi connectivity index (χ3v) is 5.64. The van der Waals surface area contributed by atoms with Crippen LogP contribution in [0.15, 0.2) is 30.3 Å². The van der Waals surface area contributed by atoms with Crippen molar-refractivity contribution in [1.29, 1.82) is 0 Å². The maximum absolute atomic E-state index is 12.8. The standard InChI is InChI=1S/C20H26N2O3/c1-14(16-6-4-3-5-7-16)22-13-18(12-19(22)24)20(25)21-10-8-17(9-11-21)15(2)23/h3-7,14,17-18H,8-13H2,1-2H3. The molecule has 0 aliphatic carbocycles. The van der Waals surface area contributed by atoms with Gasteiger partial charge in [-0.3, -0.25) is 14.4 Å². The van der Waals surface area contributed by atoms with Gasteiger partial charge in [-0.1, -0.05) is 30.3 Å². The Kier molecular flexibility index (Phi) is 5.21. The molecular weight excluding hydrogens is 316 g/mol. The number of likely N-dealkylation sites (tertiary alicyclic amines) is 2. The maximum atomic E-state index is 12.8. The first-order chi connectivity index (χ1) is 12.0. The smallest absolute Gasteiger partial charge is 0.227 e. The van der Waals surface area contributed by atoms with Gasteiger partial charge in [0, 0.05) is 32.0 Å². The maximum Gasteiger partial charge on any atom is 0.227 e. The van der Waals surface area contributed by atoms with Gasteiger partial charge >= 0.3 is 0 Å². The van der Waals surface area contributed by atoms with Gasteiger partial charge < -0.3 is 9.80 Å². The molecule has 25 heavy (non-hydrogen) atoms. The summed E-state index contributed by atoms with van der Waals surface area (Å²) in [5.74, 6) is 0.161.